The van der Waals surface area contributed by atoms with E-state index in [1.54, 1.807) is 42.5 Å². The highest BCUT2D eigenvalue weighted by Gasteiger charge is 2.35. The highest BCUT2D eigenvalue weighted by Crippen LogP contribution is 2.34. The largest absolute Gasteiger partial charge is 0.493 e. The third-order valence-electron chi connectivity index (χ3n) is 7.32. The van der Waals surface area contributed by atoms with Crippen LogP contribution in [0.3, 0.4) is 0 Å². The Morgan fingerprint density at radius 2 is 1.47 bits per heavy atom. The first-order valence-electron chi connectivity index (χ1n) is 14.8. The van der Waals surface area contributed by atoms with Gasteiger partial charge in [-0.15, -0.1) is 0 Å². The van der Waals surface area contributed by atoms with Gasteiger partial charge in [0, 0.05) is 35.1 Å². The van der Waals surface area contributed by atoms with Crippen molar-refractivity contribution in [1.29, 1.82) is 0 Å². The molecule has 0 saturated carbocycles. The van der Waals surface area contributed by atoms with Crippen LogP contribution in [0.1, 0.15) is 25.0 Å². The maximum Gasteiger partial charge on any atom is 0.264 e. The maximum atomic E-state index is 14.6. The van der Waals surface area contributed by atoms with E-state index in [0.717, 1.165) is 9.87 Å². The number of nitrogens with zero attached hydrogens (tertiary/aromatic N) is 2. The van der Waals surface area contributed by atoms with Gasteiger partial charge in [-0.1, -0.05) is 77.8 Å². The normalized spacial score (nSPS) is 11.9. The standard InChI is InChI=1S/C35H37Cl2N3O6S/c1-24(2)38-35(42)31(19-25-11-7-5-8-12-25)39(22-26-15-16-27(36)20-30(26)37)34(41)23-40(47(43,44)29-13-9-6-10-14-29)28-17-18-32(45-3)33(21-28)46-4/h5-18,20-21,24,31H,19,22-23H2,1-4H3,(H,38,42)/t31-/m0/s1. The van der Waals surface area contributed by atoms with Gasteiger partial charge in [0.2, 0.25) is 11.8 Å². The minimum absolute atomic E-state index is 0.0201. The van der Waals surface area contributed by atoms with Crippen molar-refractivity contribution in [3.63, 3.8) is 0 Å². The number of sulfonamides is 1. The highest BCUT2D eigenvalue weighted by molar-refractivity contribution is 7.92. The SMILES string of the molecule is COc1ccc(N(CC(=O)N(Cc2ccc(Cl)cc2Cl)[C@@H](Cc2ccccc2)C(=O)NC(C)C)S(=O)(=O)c2ccccc2)cc1OC. The number of benzene rings is 4. The number of rotatable bonds is 14. The number of carbonyl (C=O) groups is 2. The second-order valence-corrected chi connectivity index (χ2v) is 13.7. The summed E-state index contributed by atoms with van der Waals surface area (Å²) in [4.78, 5) is 29.8. The average Bonchev–Trinajstić information content (AvgIpc) is 3.06. The van der Waals surface area contributed by atoms with Crippen LogP contribution in [0.2, 0.25) is 10.0 Å². The Bertz CT molecular complexity index is 1790. The van der Waals surface area contributed by atoms with E-state index in [1.807, 2.05) is 44.2 Å². The number of methoxy groups -OCH3 is 2. The van der Waals surface area contributed by atoms with E-state index >= 15 is 0 Å². The second-order valence-electron chi connectivity index (χ2n) is 11.0. The van der Waals surface area contributed by atoms with E-state index in [2.05, 4.69) is 5.32 Å². The highest BCUT2D eigenvalue weighted by atomic mass is 35.5. The summed E-state index contributed by atoms with van der Waals surface area (Å²) in [6.45, 7) is 2.91. The topological polar surface area (TPSA) is 105 Å². The molecule has 0 saturated heterocycles. The number of amides is 2. The monoisotopic (exact) mass is 697 g/mol. The maximum absolute atomic E-state index is 14.6. The van der Waals surface area contributed by atoms with Gasteiger partial charge in [0.05, 0.1) is 24.8 Å². The quantitative estimate of drug-likeness (QED) is 0.164. The Balaban J connectivity index is 1.85. The van der Waals surface area contributed by atoms with Gasteiger partial charge in [-0.3, -0.25) is 13.9 Å². The number of ether oxygens (including phenoxy) is 2. The first-order chi connectivity index (χ1) is 22.4. The molecule has 12 heteroatoms. The first-order valence-corrected chi connectivity index (χ1v) is 17.0. The zero-order valence-electron chi connectivity index (χ0n) is 26.5. The van der Waals surface area contributed by atoms with Crippen LogP contribution in [-0.4, -0.2) is 58.0 Å². The van der Waals surface area contributed by atoms with Crippen LogP contribution in [-0.2, 0) is 32.6 Å². The Hall–Kier alpha value is -4.25. The van der Waals surface area contributed by atoms with Gasteiger partial charge >= 0.3 is 0 Å². The summed E-state index contributed by atoms with van der Waals surface area (Å²) >= 11 is 12.7. The van der Waals surface area contributed by atoms with E-state index in [0.29, 0.717) is 21.4 Å². The molecule has 4 aromatic carbocycles. The molecule has 248 valence electrons. The molecule has 4 rings (SSSR count). The Kier molecular flexibility index (Phi) is 12.1. The molecule has 47 heavy (non-hydrogen) atoms. The molecular weight excluding hydrogens is 661 g/mol. The number of halogens is 2. The van der Waals surface area contributed by atoms with Crippen LogP contribution >= 0.6 is 23.2 Å². The smallest absolute Gasteiger partial charge is 0.264 e. The summed E-state index contributed by atoms with van der Waals surface area (Å²) in [7, 11) is -1.39. The van der Waals surface area contributed by atoms with Crippen molar-refractivity contribution in [2.24, 2.45) is 0 Å². The summed E-state index contributed by atoms with van der Waals surface area (Å²) in [5.74, 6) is -0.378. The fourth-order valence-corrected chi connectivity index (χ4v) is 6.89. The zero-order valence-corrected chi connectivity index (χ0v) is 28.9. The molecule has 0 radical (unpaired) electrons. The van der Waals surface area contributed by atoms with E-state index in [1.165, 1.54) is 43.4 Å². The molecule has 0 heterocycles. The van der Waals surface area contributed by atoms with Gasteiger partial charge in [-0.2, -0.15) is 0 Å². The lowest BCUT2D eigenvalue weighted by Crippen LogP contribution is -2.54. The molecule has 2 amide bonds. The van der Waals surface area contributed by atoms with Crippen LogP contribution < -0.4 is 19.1 Å². The lowest BCUT2D eigenvalue weighted by atomic mass is 10.0. The van der Waals surface area contributed by atoms with Crippen LogP contribution in [0, 0.1) is 0 Å². The van der Waals surface area contributed by atoms with Crippen LogP contribution in [0.5, 0.6) is 11.5 Å². The Morgan fingerprint density at radius 1 is 0.830 bits per heavy atom. The lowest BCUT2D eigenvalue weighted by Gasteiger charge is -2.34. The van der Waals surface area contributed by atoms with E-state index in [9.17, 15) is 18.0 Å². The molecule has 1 atom stereocenters. The summed E-state index contributed by atoms with van der Waals surface area (Å²) in [6, 6.07) is 25.3. The minimum atomic E-state index is -4.29. The molecule has 1 N–H and O–H groups in total. The summed E-state index contributed by atoms with van der Waals surface area (Å²) < 4.78 is 40.2. The van der Waals surface area contributed by atoms with Crippen molar-refractivity contribution < 1.29 is 27.5 Å². The van der Waals surface area contributed by atoms with Crippen molar-refractivity contribution >= 4 is 50.7 Å². The molecule has 0 spiro atoms. The third kappa shape index (κ3) is 8.97. The van der Waals surface area contributed by atoms with Gasteiger partial charge in [0.25, 0.3) is 10.0 Å². The molecule has 0 aromatic heterocycles. The van der Waals surface area contributed by atoms with E-state index < -0.39 is 34.4 Å². The van der Waals surface area contributed by atoms with Gasteiger partial charge < -0.3 is 19.7 Å². The zero-order chi connectivity index (χ0) is 34.1. The van der Waals surface area contributed by atoms with Gasteiger partial charge in [-0.05, 0) is 61.4 Å². The minimum Gasteiger partial charge on any atom is -0.493 e. The molecule has 0 aliphatic rings. The van der Waals surface area contributed by atoms with Gasteiger partial charge in [0.1, 0.15) is 12.6 Å². The molecule has 0 fully saturated rings. The van der Waals surface area contributed by atoms with Crippen molar-refractivity contribution in [2.45, 2.75) is 43.8 Å². The summed E-state index contributed by atoms with van der Waals surface area (Å²) in [6.07, 6.45) is 0.165. The van der Waals surface area contributed by atoms with Crippen LogP contribution in [0.4, 0.5) is 5.69 Å². The molecule has 0 unspecified atom stereocenters. The molecule has 0 aliphatic heterocycles. The van der Waals surface area contributed by atoms with Gasteiger partial charge in [-0.25, -0.2) is 8.42 Å². The van der Waals surface area contributed by atoms with Crippen LogP contribution in [0.25, 0.3) is 0 Å². The number of anilines is 1. The molecule has 0 bridgehead atoms. The van der Waals surface area contributed by atoms with Crippen molar-refractivity contribution in [3.05, 3.63) is 118 Å². The van der Waals surface area contributed by atoms with Crippen molar-refractivity contribution in [2.75, 3.05) is 25.1 Å². The van der Waals surface area contributed by atoms with Gasteiger partial charge in [0.15, 0.2) is 11.5 Å². The lowest BCUT2D eigenvalue weighted by molar-refractivity contribution is -0.140. The second kappa shape index (κ2) is 16.0. The van der Waals surface area contributed by atoms with Crippen molar-refractivity contribution in [1.82, 2.24) is 10.2 Å². The van der Waals surface area contributed by atoms with Crippen molar-refractivity contribution in [3.8, 4) is 11.5 Å². The number of carbonyl (C=O) groups excluding carboxylic acids is 2. The Labute approximate surface area is 286 Å². The fourth-order valence-electron chi connectivity index (χ4n) is 5.00. The predicted molar refractivity (Wildman–Crippen MR) is 185 cm³/mol. The molecule has 4 aromatic rings. The number of hydrogen-bond acceptors (Lipinski definition) is 6. The fraction of sp³-hybridized carbons (Fsp3) is 0.257. The average molecular weight is 699 g/mol. The predicted octanol–water partition coefficient (Wildman–Crippen LogP) is 6.37. The number of nitrogens with one attached hydrogen (secondary N) is 1. The van der Waals surface area contributed by atoms with E-state index in [4.69, 9.17) is 32.7 Å². The third-order valence-corrected chi connectivity index (χ3v) is 9.70. The first kappa shape index (κ1) is 35.6. The van der Waals surface area contributed by atoms with E-state index in [-0.39, 0.29) is 35.3 Å². The summed E-state index contributed by atoms with van der Waals surface area (Å²) in [5.41, 5.74) is 1.50. The Morgan fingerprint density at radius 3 is 2.06 bits per heavy atom. The summed E-state index contributed by atoms with van der Waals surface area (Å²) in [5, 5.41) is 3.63. The molecule has 9 nitrogen and oxygen atoms in total. The molecular formula is C35H37Cl2N3O6S. The van der Waals surface area contributed by atoms with Crippen LogP contribution in [0.15, 0.2) is 102 Å². The number of hydrogen-bond donors (Lipinski definition) is 1. The molecule has 0 aliphatic carbocycles.